The number of nitriles is 1. The summed E-state index contributed by atoms with van der Waals surface area (Å²) in [6.45, 7) is 4.14. The Labute approximate surface area is 164 Å². The molecule has 2 aromatic rings. The summed E-state index contributed by atoms with van der Waals surface area (Å²) in [6.07, 6.45) is 3.83. The number of piperidine rings is 1. The van der Waals surface area contributed by atoms with Gasteiger partial charge in [0.25, 0.3) is 0 Å². The van der Waals surface area contributed by atoms with Gasteiger partial charge in [0.15, 0.2) is 0 Å². The van der Waals surface area contributed by atoms with Gasteiger partial charge < -0.3 is 9.64 Å². The number of piperazine rings is 1. The van der Waals surface area contributed by atoms with Gasteiger partial charge in [-0.05, 0) is 61.9 Å². The zero-order valence-corrected chi connectivity index (χ0v) is 16.1. The molecule has 0 spiro atoms. The van der Waals surface area contributed by atoms with Crippen LogP contribution in [0.5, 0.6) is 5.75 Å². The van der Waals surface area contributed by atoms with Crippen molar-refractivity contribution in [2.45, 2.75) is 25.3 Å². The second-order valence-electron chi connectivity index (χ2n) is 7.06. The van der Waals surface area contributed by atoms with E-state index < -0.39 is 0 Å². The number of halogens is 2. The third kappa shape index (κ3) is 4.99. The zero-order valence-electron chi connectivity index (χ0n) is 16.1. The lowest BCUT2D eigenvalue weighted by molar-refractivity contribution is 0.133. The summed E-state index contributed by atoms with van der Waals surface area (Å²) >= 11 is 0. The maximum atomic E-state index is 13.2. The lowest BCUT2D eigenvalue weighted by Crippen LogP contribution is -2.55. The van der Waals surface area contributed by atoms with Crippen LogP contribution in [-0.2, 0) is 0 Å². The van der Waals surface area contributed by atoms with Crippen molar-refractivity contribution in [1.29, 1.82) is 5.26 Å². The van der Waals surface area contributed by atoms with Crippen LogP contribution in [0, 0.1) is 23.0 Å². The highest BCUT2D eigenvalue weighted by molar-refractivity contribution is 5.59. The van der Waals surface area contributed by atoms with Gasteiger partial charge >= 0.3 is 0 Å². The molecule has 1 atom stereocenters. The molecular weight excluding hydrogens is 360 g/mol. The number of benzene rings is 2. The van der Waals surface area contributed by atoms with Crippen molar-refractivity contribution in [3.63, 3.8) is 0 Å². The summed E-state index contributed by atoms with van der Waals surface area (Å²) in [5.74, 6) is 0.101. The van der Waals surface area contributed by atoms with E-state index >= 15 is 0 Å². The number of ether oxygens (including phenoxy) is 1. The molecule has 2 aliphatic rings. The van der Waals surface area contributed by atoms with Crippen LogP contribution in [0.3, 0.4) is 0 Å². The first kappa shape index (κ1) is 20.1. The maximum Gasteiger partial charge on any atom is 0.124 e. The zero-order chi connectivity index (χ0) is 19.9. The number of fused-ring (bicyclic) bond motifs is 1. The predicted molar refractivity (Wildman–Crippen MR) is 105 cm³/mol. The maximum absolute atomic E-state index is 13.2. The molecule has 1 unspecified atom stereocenters. The van der Waals surface area contributed by atoms with Crippen molar-refractivity contribution in [1.82, 2.24) is 4.90 Å². The van der Waals surface area contributed by atoms with E-state index in [1.807, 2.05) is 0 Å². The van der Waals surface area contributed by atoms with Gasteiger partial charge in [0.2, 0.25) is 0 Å². The van der Waals surface area contributed by atoms with Crippen LogP contribution in [0.4, 0.5) is 14.5 Å². The number of methoxy groups -OCH3 is 1. The van der Waals surface area contributed by atoms with E-state index in [0.29, 0.717) is 17.4 Å². The average molecular weight is 385 g/mol. The van der Waals surface area contributed by atoms with Crippen molar-refractivity contribution in [2.24, 2.45) is 0 Å². The second-order valence-corrected chi connectivity index (χ2v) is 7.06. The van der Waals surface area contributed by atoms with Crippen LogP contribution in [0.1, 0.15) is 24.8 Å². The van der Waals surface area contributed by atoms with Crippen LogP contribution in [-0.4, -0.2) is 44.2 Å². The SMILES string of the molecule is COc1ccc(F)cc1.N#Cc1cc(F)ccc1N1CCN2CCCCC2C1. The molecule has 28 heavy (non-hydrogen) atoms. The van der Waals surface area contributed by atoms with Gasteiger partial charge in [-0.2, -0.15) is 5.26 Å². The predicted octanol–water partition coefficient (Wildman–Crippen LogP) is 4.21. The van der Waals surface area contributed by atoms with Crippen molar-refractivity contribution in [3.8, 4) is 11.8 Å². The third-order valence-electron chi connectivity index (χ3n) is 5.31. The molecule has 0 amide bonds. The number of rotatable bonds is 2. The molecule has 2 saturated heterocycles. The Kier molecular flexibility index (Phi) is 6.83. The first-order chi connectivity index (χ1) is 13.6. The van der Waals surface area contributed by atoms with Crippen LogP contribution in [0.25, 0.3) is 0 Å². The molecule has 2 aliphatic heterocycles. The van der Waals surface area contributed by atoms with E-state index in [4.69, 9.17) is 10.00 Å². The summed E-state index contributed by atoms with van der Waals surface area (Å²) in [5, 5.41) is 9.15. The third-order valence-corrected chi connectivity index (χ3v) is 5.31. The van der Waals surface area contributed by atoms with Gasteiger partial charge in [-0.3, -0.25) is 4.90 Å². The molecule has 4 rings (SSSR count). The minimum atomic E-state index is -0.336. The lowest BCUT2D eigenvalue weighted by atomic mass is 9.98. The summed E-state index contributed by atoms with van der Waals surface area (Å²) in [5.41, 5.74) is 1.33. The first-order valence-electron chi connectivity index (χ1n) is 9.59. The van der Waals surface area contributed by atoms with Crippen LogP contribution in [0.15, 0.2) is 42.5 Å². The Hall–Kier alpha value is -2.65. The fraction of sp³-hybridized carbons (Fsp3) is 0.409. The standard InChI is InChI=1S/C15H18FN3.C7H7FO/c16-13-4-5-15(12(9-13)10-17)19-8-7-18-6-2-1-3-14(18)11-19;1-9-7-4-2-6(8)3-5-7/h4-5,9,14H,1-3,6-8,11H2;2-5H,1H3. The quantitative estimate of drug-likeness (QED) is 0.777. The molecule has 0 saturated carbocycles. The fourth-order valence-corrected chi connectivity index (χ4v) is 3.82. The van der Waals surface area contributed by atoms with Crippen molar-refractivity contribution in [2.75, 3.05) is 38.2 Å². The van der Waals surface area contributed by atoms with E-state index in [9.17, 15) is 8.78 Å². The van der Waals surface area contributed by atoms with Crippen molar-refractivity contribution >= 4 is 5.69 Å². The minimum Gasteiger partial charge on any atom is -0.497 e. The highest BCUT2D eigenvalue weighted by Gasteiger charge is 2.29. The first-order valence-corrected chi connectivity index (χ1v) is 9.59. The lowest BCUT2D eigenvalue weighted by Gasteiger charge is -2.45. The van der Waals surface area contributed by atoms with Gasteiger partial charge in [0.1, 0.15) is 23.5 Å². The Morgan fingerprint density at radius 3 is 2.46 bits per heavy atom. The Bertz CT molecular complexity index is 820. The molecule has 6 heteroatoms. The highest BCUT2D eigenvalue weighted by Crippen LogP contribution is 2.27. The van der Waals surface area contributed by atoms with E-state index in [1.165, 1.54) is 50.1 Å². The molecular formula is C22H25F2N3O. The fourth-order valence-electron chi connectivity index (χ4n) is 3.82. The molecule has 148 valence electrons. The minimum absolute atomic E-state index is 0.240. The van der Waals surface area contributed by atoms with Gasteiger partial charge in [-0.1, -0.05) is 6.42 Å². The van der Waals surface area contributed by atoms with Crippen molar-refractivity contribution < 1.29 is 13.5 Å². The normalized spacial score (nSPS) is 19.1. The monoisotopic (exact) mass is 385 g/mol. The number of nitrogens with zero attached hydrogens (tertiary/aromatic N) is 3. The van der Waals surface area contributed by atoms with E-state index in [0.717, 1.165) is 25.3 Å². The summed E-state index contributed by atoms with van der Waals surface area (Å²) in [7, 11) is 1.55. The van der Waals surface area contributed by atoms with Gasteiger partial charge in [0.05, 0.1) is 18.4 Å². The largest absolute Gasteiger partial charge is 0.497 e. The smallest absolute Gasteiger partial charge is 0.124 e. The van der Waals surface area contributed by atoms with E-state index in [1.54, 1.807) is 25.3 Å². The number of hydrogen-bond acceptors (Lipinski definition) is 4. The van der Waals surface area contributed by atoms with Crippen LogP contribution >= 0.6 is 0 Å². The Balaban J connectivity index is 0.000000211. The molecule has 2 aromatic carbocycles. The van der Waals surface area contributed by atoms with Crippen LogP contribution in [0.2, 0.25) is 0 Å². The number of anilines is 1. The van der Waals surface area contributed by atoms with E-state index in [2.05, 4.69) is 15.9 Å². The molecule has 0 bridgehead atoms. The summed E-state index contributed by atoms with van der Waals surface area (Å²) in [4.78, 5) is 4.79. The number of hydrogen-bond donors (Lipinski definition) is 0. The van der Waals surface area contributed by atoms with E-state index in [-0.39, 0.29) is 11.6 Å². The Morgan fingerprint density at radius 2 is 1.75 bits per heavy atom. The van der Waals surface area contributed by atoms with Gasteiger partial charge in [-0.25, -0.2) is 8.78 Å². The topological polar surface area (TPSA) is 39.5 Å². The van der Waals surface area contributed by atoms with Crippen LogP contribution < -0.4 is 9.64 Å². The Morgan fingerprint density at radius 1 is 1.00 bits per heavy atom. The molecule has 0 N–H and O–H groups in total. The summed E-state index contributed by atoms with van der Waals surface area (Å²) < 4.78 is 30.2. The van der Waals surface area contributed by atoms with Gasteiger partial charge in [-0.15, -0.1) is 0 Å². The van der Waals surface area contributed by atoms with Crippen molar-refractivity contribution in [3.05, 3.63) is 59.7 Å². The summed E-state index contributed by atoms with van der Waals surface area (Å²) in [6, 6.07) is 13.1. The highest BCUT2D eigenvalue weighted by atomic mass is 19.1. The molecule has 4 nitrogen and oxygen atoms in total. The van der Waals surface area contributed by atoms with Gasteiger partial charge in [0, 0.05) is 25.7 Å². The average Bonchev–Trinajstić information content (AvgIpc) is 2.74. The molecule has 2 heterocycles. The molecule has 2 fully saturated rings. The molecule has 0 radical (unpaired) electrons. The molecule has 0 aliphatic carbocycles. The molecule has 0 aromatic heterocycles. The second kappa shape index (κ2) is 9.52.